The van der Waals surface area contributed by atoms with Crippen LogP contribution in [0.1, 0.15) is 89.5 Å². The molecule has 1 aromatic carbocycles. The Hall–Kier alpha value is -2.82. The van der Waals surface area contributed by atoms with Crippen LogP contribution in [-0.4, -0.2) is 67.2 Å². The zero-order valence-electron chi connectivity index (χ0n) is 25.0. The molecule has 0 aliphatic carbocycles. The van der Waals surface area contributed by atoms with Crippen LogP contribution in [0.5, 0.6) is 0 Å². The van der Waals surface area contributed by atoms with Gasteiger partial charge in [0.15, 0.2) is 9.84 Å². The third kappa shape index (κ3) is 8.61. The Morgan fingerprint density at radius 3 is 2.19 bits per heavy atom. The van der Waals surface area contributed by atoms with Crippen molar-refractivity contribution >= 4 is 27.4 Å². The Kier molecular flexibility index (Phi) is 11.5. The molecule has 2 fully saturated rings. The van der Waals surface area contributed by atoms with E-state index in [1.807, 2.05) is 17.3 Å². The Bertz CT molecular complexity index is 1280. The van der Waals surface area contributed by atoms with Gasteiger partial charge in [0.1, 0.15) is 22.6 Å². The van der Waals surface area contributed by atoms with E-state index >= 15 is 0 Å². The quantitative estimate of drug-likeness (QED) is 0.268. The van der Waals surface area contributed by atoms with Gasteiger partial charge in [-0.25, -0.2) is 27.2 Å². The van der Waals surface area contributed by atoms with Crippen LogP contribution >= 0.6 is 0 Å². The number of likely N-dealkylation sites (tertiary alicyclic amines) is 1. The van der Waals surface area contributed by atoms with Crippen LogP contribution in [0, 0.1) is 11.6 Å². The number of piperidine rings is 2. The Balaban J connectivity index is 1.24. The zero-order valence-corrected chi connectivity index (χ0v) is 25.8. The monoisotopic (exact) mass is 605 g/mol. The first-order valence-corrected chi connectivity index (χ1v) is 17.4. The molecule has 2 saturated heterocycles. The molecule has 42 heavy (non-hydrogen) atoms. The van der Waals surface area contributed by atoms with Gasteiger partial charge in [-0.3, -0.25) is 4.79 Å². The third-order valence-corrected chi connectivity index (χ3v) is 9.53. The van der Waals surface area contributed by atoms with Gasteiger partial charge >= 0.3 is 0 Å². The van der Waals surface area contributed by atoms with Gasteiger partial charge < -0.3 is 15.1 Å². The van der Waals surface area contributed by atoms with Crippen LogP contribution in [0.15, 0.2) is 29.4 Å². The minimum Gasteiger partial charge on any atom is -0.371 e. The number of carbonyl (C=O) groups is 1. The van der Waals surface area contributed by atoms with Crippen molar-refractivity contribution in [3.05, 3.63) is 41.7 Å². The predicted octanol–water partition coefficient (Wildman–Crippen LogP) is 5.91. The average Bonchev–Trinajstić information content (AvgIpc) is 2.97. The van der Waals surface area contributed by atoms with Crippen molar-refractivity contribution in [2.75, 3.05) is 36.1 Å². The smallest absolute Gasteiger partial charge is 0.245 e. The number of sulfone groups is 1. The van der Waals surface area contributed by atoms with E-state index in [1.54, 1.807) is 0 Å². The number of aryl methyl sites for hydroxylation is 1. The number of amides is 1. The summed E-state index contributed by atoms with van der Waals surface area (Å²) in [6.07, 6.45) is 18.8. The maximum atomic E-state index is 14.6. The number of hydrogen-bond acceptors (Lipinski definition) is 7. The van der Waals surface area contributed by atoms with Crippen molar-refractivity contribution in [1.82, 2.24) is 14.9 Å². The third-order valence-electron chi connectivity index (χ3n) is 8.42. The largest absolute Gasteiger partial charge is 0.371 e. The number of aromatic nitrogens is 2. The van der Waals surface area contributed by atoms with Gasteiger partial charge in [0.05, 0.1) is 5.69 Å². The highest BCUT2D eigenvalue weighted by molar-refractivity contribution is 7.90. The lowest BCUT2D eigenvalue weighted by molar-refractivity contribution is -0.137. The molecule has 0 saturated carbocycles. The average molecular weight is 606 g/mol. The van der Waals surface area contributed by atoms with E-state index in [-0.39, 0.29) is 17.6 Å². The Morgan fingerprint density at radius 1 is 0.905 bits per heavy atom. The molecule has 232 valence electrons. The van der Waals surface area contributed by atoms with Crippen molar-refractivity contribution in [2.24, 2.45) is 0 Å². The van der Waals surface area contributed by atoms with Crippen molar-refractivity contribution in [3.8, 4) is 0 Å². The number of nitrogens with one attached hydrogen (secondary N) is 1. The van der Waals surface area contributed by atoms with E-state index in [2.05, 4.69) is 27.1 Å². The fourth-order valence-corrected chi connectivity index (χ4v) is 6.72. The molecule has 2 aliphatic heterocycles. The van der Waals surface area contributed by atoms with Crippen LogP contribution in [0.25, 0.3) is 0 Å². The predicted molar refractivity (Wildman–Crippen MR) is 161 cm³/mol. The van der Waals surface area contributed by atoms with Gasteiger partial charge in [0.25, 0.3) is 0 Å². The summed E-state index contributed by atoms with van der Waals surface area (Å²) in [6, 6.07) is 0.830. The van der Waals surface area contributed by atoms with E-state index in [4.69, 9.17) is 0 Å². The van der Waals surface area contributed by atoms with E-state index in [0.717, 1.165) is 57.5 Å². The van der Waals surface area contributed by atoms with Gasteiger partial charge in [0.2, 0.25) is 11.9 Å². The van der Waals surface area contributed by atoms with Crippen molar-refractivity contribution in [2.45, 2.75) is 107 Å². The standard InChI is InChI=1S/C31H45F2N5O3S/c1-3-4-5-6-7-8-9-10-12-23-21-34-31(35-22-23)37-17-14-24(15-18-37)38-16-11-13-27(30(38)39)36-28-19-26(33)29(20-25(28)32)42(2,40)41/h19-22,24,27,36H,3-18H2,1-2H3/t27-/m0/s1. The SMILES string of the molecule is CCCCCCCCCCc1cnc(N2CCC(N3CCC[C@H](Nc4cc(F)c(S(C)(=O)=O)cc4F)C3=O)CC2)nc1. The number of anilines is 2. The van der Waals surface area contributed by atoms with E-state index in [0.29, 0.717) is 25.0 Å². The maximum absolute atomic E-state index is 14.6. The van der Waals surface area contributed by atoms with Crippen molar-refractivity contribution < 1.29 is 22.0 Å². The van der Waals surface area contributed by atoms with Gasteiger partial charge in [-0.15, -0.1) is 0 Å². The Labute approximate surface area is 249 Å². The summed E-state index contributed by atoms with van der Waals surface area (Å²) in [5.74, 6) is -1.38. The molecular formula is C31H45F2N5O3S. The van der Waals surface area contributed by atoms with Crippen molar-refractivity contribution in [3.63, 3.8) is 0 Å². The van der Waals surface area contributed by atoms with Gasteiger partial charge in [0, 0.05) is 50.4 Å². The maximum Gasteiger partial charge on any atom is 0.245 e. The van der Waals surface area contributed by atoms with Crippen LogP contribution in [0.3, 0.4) is 0 Å². The molecule has 4 rings (SSSR count). The second-order valence-electron chi connectivity index (χ2n) is 11.7. The highest BCUT2D eigenvalue weighted by Crippen LogP contribution is 2.28. The minimum absolute atomic E-state index is 0.0498. The molecule has 1 atom stereocenters. The first-order valence-electron chi connectivity index (χ1n) is 15.5. The summed E-state index contributed by atoms with van der Waals surface area (Å²) in [7, 11) is -3.91. The summed E-state index contributed by atoms with van der Waals surface area (Å²) in [4.78, 5) is 25.9. The molecule has 2 aliphatic rings. The van der Waals surface area contributed by atoms with Crippen molar-refractivity contribution in [1.29, 1.82) is 0 Å². The second-order valence-corrected chi connectivity index (χ2v) is 13.7. The summed E-state index contributed by atoms with van der Waals surface area (Å²) in [6.45, 7) is 4.33. The molecule has 11 heteroatoms. The number of hydrogen-bond donors (Lipinski definition) is 1. The first-order chi connectivity index (χ1) is 20.2. The molecule has 0 spiro atoms. The first kappa shape index (κ1) is 32.1. The van der Waals surface area contributed by atoms with Gasteiger partial charge in [-0.1, -0.05) is 51.9 Å². The second kappa shape index (κ2) is 15.1. The number of rotatable bonds is 14. The molecule has 0 radical (unpaired) electrons. The number of carbonyl (C=O) groups excluding carboxylic acids is 1. The summed E-state index contributed by atoms with van der Waals surface area (Å²) >= 11 is 0. The minimum atomic E-state index is -3.91. The molecule has 3 heterocycles. The summed E-state index contributed by atoms with van der Waals surface area (Å²) in [5.41, 5.74) is 0.956. The zero-order chi connectivity index (χ0) is 30.1. The number of nitrogens with zero attached hydrogens (tertiary/aromatic N) is 4. The molecule has 2 aromatic rings. The Morgan fingerprint density at radius 2 is 1.55 bits per heavy atom. The lowest BCUT2D eigenvalue weighted by atomic mass is 9.97. The van der Waals surface area contributed by atoms with Crippen LogP contribution in [0.4, 0.5) is 20.4 Å². The number of halogens is 2. The van der Waals surface area contributed by atoms with E-state index in [9.17, 15) is 22.0 Å². The summed E-state index contributed by atoms with van der Waals surface area (Å²) in [5, 5.41) is 2.83. The van der Waals surface area contributed by atoms with Crippen LogP contribution < -0.4 is 10.2 Å². The van der Waals surface area contributed by atoms with Crippen LogP contribution in [-0.2, 0) is 21.1 Å². The molecule has 1 aromatic heterocycles. The lowest BCUT2D eigenvalue weighted by Gasteiger charge is -2.42. The number of benzene rings is 1. The molecule has 1 amide bonds. The number of unbranched alkanes of at least 4 members (excludes halogenated alkanes) is 7. The molecular weight excluding hydrogens is 560 g/mol. The highest BCUT2D eigenvalue weighted by atomic mass is 32.2. The molecule has 0 unspecified atom stereocenters. The fourth-order valence-electron chi connectivity index (χ4n) is 5.99. The normalized spacial score (nSPS) is 18.5. The highest BCUT2D eigenvalue weighted by Gasteiger charge is 2.35. The van der Waals surface area contributed by atoms with E-state index in [1.165, 1.54) is 50.5 Å². The van der Waals surface area contributed by atoms with Crippen LogP contribution in [0.2, 0.25) is 0 Å². The van der Waals surface area contributed by atoms with E-state index < -0.39 is 32.4 Å². The van der Waals surface area contributed by atoms with Gasteiger partial charge in [-0.05, 0) is 50.2 Å². The topological polar surface area (TPSA) is 95.5 Å². The van der Waals surface area contributed by atoms with Gasteiger partial charge in [-0.2, -0.15) is 0 Å². The molecule has 1 N–H and O–H groups in total. The lowest BCUT2D eigenvalue weighted by Crippen LogP contribution is -2.54. The summed E-state index contributed by atoms with van der Waals surface area (Å²) < 4.78 is 52.4. The molecule has 8 nitrogen and oxygen atoms in total. The molecule has 0 bridgehead atoms. The fraction of sp³-hybridized carbons (Fsp3) is 0.645.